The number of likely N-dealkylation sites (N-methyl/N-ethyl adjacent to an activating group) is 1. The molecular formula is C20H22ClN2O5+. The summed E-state index contributed by atoms with van der Waals surface area (Å²) in [6, 6.07) is 6.43. The van der Waals surface area contributed by atoms with Gasteiger partial charge in [0.1, 0.15) is 0 Å². The number of hydrogen-bond acceptors (Lipinski definition) is 5. The molecule has 0 fully saturated rings. The van der Waals surface area contributed by atoms with Crippen LogP contribution in [-0.4, -0.2) is 68.5 Å². The number of ketones is 2. The highest BCUT2D eigenvalue weighted by atomic mass is 35.5. The van der Waals surface area contributed by atoms with E-state index in [-0.39, 0.29) is 28.0 Å². The summed E-state index contributed by atoms with van der Waals surface area (Å²) < 4.78 is 11.4. The number of rotatable bonds is 5. The van der Waals surface area contributed by atoms with Crippen molar-refractivity contribution >= 4 is 29.1 Å². The highest BCUT2D eigenvalue weighted by molar-refractivity contribution is 6.35. The van der Waals surface area contributed by atoms with Crippen LogP contribution in [0.4, 0.5) is 0 Å². The van der Waals surface area contributed by atoms with Crippen molar-refractivity contribution in [1.82, 2.24) is 5.32 Å². The number of nitrogens with one attached hydrogen (secondary N) is 1. The molecule has 1 N–H and O–H groups in total. The number of methoxy groups -OCH3 is 1. The van der Waals surface area contributed by atoms with E-state index in [1.165, 1.54) is 13.2 Å². The zero-order valence-corrected chi connectivity index (χ0v) is 16.9. The molecule has 0 spiro atoms. The Kier molecular flexibility index (Phi) is 5.18. The average molecular weight is 406 g/mol. The summed E-state index contributed by atoms with van der Waals surface area (Å²) in [5.74, 6) is -1.60. The van der Waals surface area contributed by atoms with Crippen LogP contribution in [0, 0.1) is 0 Å². The Balaban J connectivity index is 1.98. The summed E-state index contributed by atoms with van der Waals surface area (Å²) in [6.07, 6.45) is 1.26. The maximum atomic E-state index is 13.0. The van der Waals surface area contributed by atoms with E-state index in [0.29, 0.717) is 17.6 Å². The number of allylic oxidation sites excluding steroid dienone is 2. The van der Waals surface area contributed by atoms with Gasteiger partial charge in [0.05, 0.1) is 39.8 Å². The molecule has 8 heteroatoms. The van der Waals surface area contributed by atoms with Crippen LogP contribution in [0.5, 0.6) is 0 Å². The number of hydrogen-bond donors (Lipinski definition) is 1. The van der Waals surface area contributed by atoms with E-state index in [4.69, 9.17) is 21.1 Å². The molecule has 0 bridgehead atoms. The summed E-state index contributed by atoms with van der Waals surface area (Å²) in [6.45, 7) is 1.08. The number of ether oxygens (including phenoxy) is 2. The van der Waals surface area contributed by atoms with Crippen molar-refractivity contribution in [3.05, 3.63) is 58.4 Å². The summed E-state index contributed by atoms with van der Waals surface area (Å²) in [5, 5.41) is 0.672. The van der Waals surface area contributed by atoms with Crippen LogP contribution in [0.25, 0.3) is 0 Å². The summed E-state index contributed by atoms with van der Waals surface area (Å²) in [5.41, 5.74) is 0.359. The predicted octanol–water partition coefficient (Wildman–Crippen LogP) is 1.64. The topological polar surface area (TPSA) is 81.7 Å². The van der Waals surface area contributed by atoms with Gasteiger partial charge in [-0.2, -0.15) is 0 Å². The van der Waals surface area contributed by atoms with Crippen molar-refractivity contribution in [2.45, 2.75) is 5.25 Å². The zero-order valence-electron chi connectivity index (χ0n) is 16.2. The number of halogens is 1. The van der Waals surface area contributed by atoms with E-state index < -0.39 is 22.7 Å². The lowest BCUT2D eigenvalue weighted by Gasteiger charge is -2.35. The molecular weight excluding hydrogens is 384 g/mol. The van der Waals surface area contributed by atoms with Crippen molar-refractivity contribution in [2.24, 2.45) is 0 Å². The van der Waals surface area contributed by atoms with Gasteiger partial charge in [-0.25, -0.2) is 0 Å². The fourth-order valence-corrected chi connectivity index (χ4v) is 3.30. The van der Waals surface area contributed by atoms with Crippen LogP contribution >= 0.6 is 11.6 Å². The largest absolute Gasteiger partial charge is 0.439 e. The number of fused-ring (bicyclic) bond motifs is 1. The second-order valence-electron chi connectivity index (χ2n) is 7.61. The zero-order chi connectivity index (χ0) is 20.7. The van der Waals surface area contributed by atoms with Crippen molar-refractivity contribution in [3.8, 4) is 0 Å². The van der Waals surface area contributed by atoms with Crippen LogP contribution in [0.1, 0.15) is 20.7 Å². The molecule has 0 radical (unpaired) electrons. The van der Waals surface area contributed by atoms with Crippen LogP contribution in [0.3, 0.4) is 0 Å². The Labute approximate surface area is 168 Å². The summed E-state index contributed by atoms with van der Waals surface area (Å²) in [4.78, 5) is 38.5. The van der Waals surface area contributed by atoms with Crippen molar-refractivity contribution < 1.29 is 28.3 Å². The number of carbonyl (C=O) groups excluding carboxylic acids is 3. The molecule has 7 nitrogen and oxygen atoms in total. The third-order valence-corrected chi connectivity index (χ3v) is 4.95. The van der Waals surface area contributed by atoms with Gasteiger partial charge in [-0.3, -0.25) is 14.4 Å². The summed E-state index contributed by atoms with van der Waals surface area (Å²) in [7, 11) is 7.24. The predicted molar refractivity (Wildman–Crippen MR) is 103 cm³/mol. The van der Waals surface area contributed by atoms with Gasteiger partial charge in [0.2, 0.25) is 0 Å². The Bertz CT molecular complexity index is 929. The molecule has 0 saturated carbocycles. The minimum absolute atomic E-state index is 0.00329. The van der Waals surface area contributed by atoms with E-state index >= 15 is 0 Å². The van der Waals surface area contributed by atoms with Gasteiger partial charge < -0.3 is 19.3 Å². The quantitative estimate of drug-likeness (QED) is 0.595. The van der Waals surface area contributed by atoms with Gasteiger partial charge in [-0.15, -0.1) is 0 Å². The first-order valence-corrected chi connectivity index (χ1v) is 9.12. The maximum absolute atomic E-state index is 13.0. The van der Waals surface area contributed by atoms with Crippen LogP contribution in [0.15, 0.2) is 47.2 Å². The highest BCUT2D eigenvalue weighted by Gasteiger charge is 2.49. The number of Topliss-reactive ketones (excluding diaryl/α,β-unsaturated/α-hetero) is 2. The van der Waals surface area contributed by atoms with Gasteiger partial charge in [0.25, 0.3) is 5.91 Å². The number of alkyl halides is 1. The smallest absolute Gasteiger partial charge is 0.323 e. The van der Waals surface area contributed by atoms with Crippen LogP contribution < -0.4 is 5.32 Å². The fraction of sp³-hybridized carbons (Fsp3) is 0.350. The molecule has 1 aromatic carbocycles. The first kappa shape index (κ1) is 20.3. The summed E-state index contributed by atoms with van der Waals surface area (Å²) >= 11 is 6.41. The number of nitrogens with zero attached hydrogens (tertiary/aromatic N) is 1. The van der Waals surface area contributed by atoms with E-state index in [0.717, 1.165) is 0 Å². The second kappa shape index (κ2) is 7.16. The molecule has 28 heavy (non-hydrogen) atoms. The van der Waals surface area contributed by atoms with Crippen LogP contribution in [-0.2, 0) is 14.3 Å². The van der Waals surface area contributed by atoms with Crippen molar-refractivity contribution in [2.75, 3.05) is 41.3 Å². The molecule has 2 aliphatic rings. The molecule has 148 valence electrons. The van der Waals surface area contributed by atoms with E-state index in [9.17, 15) is 14.4 Å². The third-order valence-electron chi connectivity index (χ3n) is 4.53. The number of carbonyl (C=O) groups is 3. The Morgan fingerprint density at radius 2 is 1.79 bits per heavy atom. The SMILES string of the molecule is COC1(Cl)OC(C(=O)NCC[N+](C)(C)C)=CC2=C1C(=O)c1ccccc1C2=O. The molecule has 1 aromatic rings. The van der Waals surface area contributed by atoms with Gasteiger partial charge in [-0.1, -0.05) is 24.3 Å². The third kappa shape index (κ3) is 3.61. The Morgan fingerprint density at radius 3 is 2.36 bits per heavy atom. The molecule has 1 aliphatic heterocycles. The van der Waals surface area contributed by atoms with Gasteiger partial charge >= 0.3 is 5.25 Å². The van der Waals surface area contributed by atoms with E-state index in [1.54, 1.807) is 24.3 Å². The molecule has 1 atom stereocenters. The second-order valence-corrected chi connectivity index (χ2v) is 8.11. The Morgan fingerprint density at radius 1 is 1.18 bits per heavy atom. The van der Waals surface area contributed by atoms with Gasteiger partial charge in [0, 0.05) is 23.8 Å². The minimum atomic E-state index is -2.06. The lowest BCUT2D eigenvalue weighted by Crippen LogP contribution is -2.45. The molecule has 0 aromatic heterocycles. The number of quaternary nitrogens is 1. The van der Waals surface area contributed by atoms with Gasteiger partial charge in [-0.05, 0) is 17.7 Å². The normalized spacial score (nSPS) is 21.5. The molecule has 1 aliphatic carbocycles. The van der Waals surface area contributed by atoms with Crippen molar-refractivity contribution in [1.29, 1.82) is 0 Å². The van der Waals surface area contributed by atoms with Gasteiger partial charge in [0.15, 0.2) is 17.3 Å². The van der Waals surface area contributed by atoms with E-state index in [1.807, 2.05) is 21.1 Å². The molecule has 1 heterocycles. The fourth-order valence-electron chi connectivity index (χ4n) is 3.03. The molecule has 3 rings (SSSR count). The molecule has 1 amide bonds. The lowest BCUT2D eigenvalue weighted by molar-refractivity contribution is -0.869. The molecule has 0 saturated heterocycles. The lowest BCUT2D eigenvalue weighted by atomic mass is 9.82. The first-order valence-electron chi connectivity index (χ1n) is 8.74. The van der Waals surface area contributed by atoms with Crippen molar-refractivity contribution in [3.63, 3.8) is 0 Å². The molecule has 1 unspecified atom stereocenters. The highest BCUT2D eigenvalue weighted by Crippen LogP contribution is 2.42. The maximum Gasteiger partial charge on any atom is 0.323 e. The van der Waals surface area contributed by atoms with Crippen LogP contribution in [0.2, 0.25) is 0 Å². The average Bonchev–Trinajstić information content (AvgIpc) is 2.64. The first-order chi connectivity index (χ1) is 13.1. The monoisotopic (exact) mass is 405 g/mol. The standard InChI is InChI=1S/C20H21ClN2O5/c1-23(2,3)10-9-22-19(26)15-11-14-16(20(21,27-4)28-15)18(25)13-8-6-5-7-12(13)17(14)24/h5-8,11H,9-10H2,1-4H3/p+1. The number of amides is 1. The number of benzene rings is 1. The Hall–Kier alpha value is -2.48. The van der Waals surface area contributed by atoms with E-state index in [2.05, 4.69) is 5.32 Å². The minimum Gasteiger partial charge on any atom is -0.439 e.